The topological polar surface area (TPSA) is 79.5 Å². The minimum Gasteiger partial charge on any atom is -0.348 e. The van der Waals surface area contributed by atoms with Crippen molar-refractivity contribution in [2.24, 2.45) is 0 Å². The van der Waals surface area contributed by atoms with Crippen molar-refractivity contribution in [2.45, 2.75) is 19.4 Å². The summed E-state index contributed by atoms with van der Waals surface area (Å²) in [5.41, 5.74) is 1.55. The Morgan fingerprint density at radius 3 is 1.84 bits per heavy atom. The van der Waals surface area contributed by atoms with Gasteiger partial charge in [-0.15, -0.1) is 0 Å². The van der Waals surface area contributed by atoms with Crippen LogP contribution in [0.2, 0.25) is 0 Å². The van der Waals surface area contributed by atoms with Crippen molar-refractivity contribution in [3.05, 3.63) is 93.5 Å². The van der Waals surface area contributed by atoms with Gasteiger partial charge in [0.2, 0.25) is 0 Å². The molecule has 0 amide bonds. The molecule has 0 saturated carbocycles. The summed E-state index contributed by atoms with van der Waals surface area (Å²) in [7, 11) is 0. The van der Waals surface area contributed by atoms with Crippen LogP contribution in [0.5, 0.6) is 0 Å². The molecular weight excluding hydrogens is 396 g/mol. The van der Waals surface area contributed by atoms with E-state index in [-0.39, 0.29) is 24.0 Å². The van der Waals surface area contributed by atoms with Gasteiger partial charge in [0.25, 0.3) is 11.1 Å². The van der Waals surface area contributed by atoms with Crippen LogP contribution in [0.25, 0.3) is 21.8 Å². The summed E-state index contributed by atoms with van der Waals surface area (Å²) in [5, 5.41) is 2.01. The molecule has 31 heavy (non-hydrogen) atoms. The predicted octanol–water partition coefficient (Wildman–Crippen LogP) is 2.57. The van der Waals surface area contributed by atoms with Crippen LogP contribution in [-0.4, -0.2) is 34.9 Å². The second-order valence-electron chi connectivity index (χ2n) is 7.02. The Hall–Kier alpha value is -3.55. The summed E-state index contributed by atoms with van der Waals surface area (Å²) in [6.07, 6.45) is 0.423. The lowest BCUT2D eigenvalue weighted by molar-refractivity contribution is -0.108. The number of aromatic nitrogens is 2. The van der Waals surface area contributed by atoms with Gasteiger partial charge in [0.05, 0.1) is 37.3 Å². The first-order chi connectivity index (χ1) is 15.2. The molecule has 4 aromatic rings. The van der Waals surface area contributed by atoms with Crippen molar-refractivity contribution in [1.29, 1.82) is 0 Å². The number of fused-ring (bicyclic) bond motifs is 2. The summed E-state index contributed by atoms with van der Waals surface area (Å²) in [6.45, 7) is 1.76. The molecule has 0 spiro atoms. The van der Waals surface area contributed by atoms with E-state index in [2.05, 4.69) is 0 Å². The average Bonchev–Trinajstić information content (AvgIpc) is 3.32. The van der Waals surface area contributed by atoms with E-state index < -0.39 is 0 Å². The molecule has 0 bridgehead atoms. The van der Waals surface area contributed by atoms with Gasteiger partial charge in [0, 0.05) is 12.1 Å². The van der Waals surface area contributed by atoms with Crippen LogP contribution in [0.15, 0.2) is 82.4 Å². The molecule has 1 saturated heterocycles. The highest BCUT2D eigenvalue weighted by atomic mass is 16.7. The number of hydrogen-bond donors (Lipinski definition) is 0. The number of pyridine rings is 2. The van der Waals surface area contributed by atoms with E-state index in [0.717, 1.165) is 28.1 Å². The Balaban J connectivity index is 0.000000152. The van der Waals surface area contributed by atoms with E-state index in [1.165, 1.54) is 10.6 Å². The molecule has 7 heteroatoms. The van der Waals surface area contributed by atoms with Crippen LogP contribution in [0.4, 0.5) is 0 Å². The third-order valence-electron chi connectivity index (χ3n) is 5.08. The van der Waals surface area contributed by atoms with Gasteiger partial charge in [0.1, 0.15) is 6.29 Å². The fourth-order valence-electron chi connectivity index (χ4n) is 3.60. The highest BCUT2D eigenvalue weighted by molar-refractivity contribution is 5.79. The average molecular weight is 418 g/mol. The summed E-state index contributed by atoms with van der Waals surface area (Å²) < 4.78 is 13.9. The summed E-state index contributed by atoms with van der Waals surface area (Å²) in [5.74, 6) is 0. The normalized spacial score (nSPS) is 13.8. The number of ether oxygens (including phenoxy) is 2. The second kappa shape index (κ2) is 9.51. The van der Waals surface area contributed by atoms with E-state index in [1.807, 2.05) is 54.6 Å². The Morgan fingerprint density at radius 1 is 0.742 bits per heavy atom. The molecule has 2 aromatic heterocycles. The number of benzene rings is 2. The van der Waals surface area contributed by atoms with Gasteiger partial charge in [-0.05, 0) is 35.0 Å². The van der Waals surface area contributed by atoms with Crippen molar-refractivity contribution in [1.82, 2.24) is 9.13 Å². The first-order valence-corrected chi connectivity index (χ1v) is 10.0. The zero-order valence-electron chi connectivity index (χ0n) is 16.8. The van der Waals surface area contributed by atoms with E-state index in [1.54, 1.807) is 16.7 Å². The summed E-state index contributed by atoms with van der Waals surface area (Å²) in [6, 6.07) is 22.0. The van der Waals surface area contributed by atoms with Gasteiger partial charge in [-0.3, -0.25) is 9.59 Å². The minimum atomic E-state index is -0.307. The third-order valence-corrected chi connectivity index (χ3v) is 5.08. The number of aldehydes is 1. The van der Waals surface area contributed by atoms with E-state index in [9.17, 15) is 14.4 Å². The molecule has 1 aliphatic rings. The third kappa shape index (κ3) is 4.63. The quantitative estimate of drug-likeness (QED) is 0.476. The number of nitrogens with zero attached hydrogens (tertiary/aromatic N) is 2. The first-order valence-electron chi connectivity index (χ1n) is 10.0. The highest BCUT2D eigenvalue weighted by Crippen LogP contribution is 2.14. The lowest BCUT2D eigenvalue weighted by Crippen LogP contribution is -2.26. The molecule has 0 atom stereocenters. The van der Waals surface area contributed by atoms with Crippen molar-refractivity contribution < 1.29 is 14.3 Å². The van der Waals surface area contributed by atoms with Crippen LogP contribution < -0.4 is 11.1 Å². The molecule has 3 heterocycles. The number of para-hydroxylation sites is 2. The molecule has 0 aliphatic carbocycles. The van der Waals surface area contributed by atoms with Crippen molar-refractivity contribution in [3.63, 3.8) is 0 Å². The predicted molar refractivity (Wildman–Crippen MR) is 118 cm³/mol. The van der Waals surface area contributed by atoms with Crippen molar-refractivity contribution in [2.75, 3.05) is 13.2 Å². The maximum Gasteiger partial charge on any atom is 0.251 e. The molecule has 7 nitrogen and oxygen atoms in total. The standard InChI is InChI=1S/C13H13NO3.C11H9NO2/c15-12-6-5-10-3-1-2-4-11(10)14(12)9-13-16-7-8-17-13;13-8-7-12-10-4-2-1-3-9(10)5-6-11(12)14/h1-6,13H,7-9H2;1-6,8H,7H2. The minimum absolute atomic E-state index is 0.0252. The molecule has 0 unspecified atom stereocenters. The van der Waals surface area contributed by atoms with E-state index in [0.29, 0.717) is 19.8 Å². The smallest absolute Gasteiger partial charge is 0.251 e. The molecule has 0 N–H and O–H groups in total. The Kier molecular flexibility index (Phi) is 6.35. The van der Waals surface area contributed by atoms with Gasteiger partial charge in [-0.25, -0.2) is 0 Å². The molecule has 1 aliphatic heterocycles. The fraction of sp³-hybridized carbons (Fsp3) is 0.208. The van der Waals surface area contributed by atoms with Gasteiger partial charge in [0.15, 0.2) is 6.29 Å². The second-order valence-corrected chi connectivity index (χ2v) is 7.02. The van der Waals surface area contributed by atoms with Gasteiger partial charge in [-0.1, -0.05) is 36.4 Å². The maximum absolute atomic E-state index is 11.9. The van der Waals surface area contributed by atoms with Crippen LogP contribution >= 0.6 is 0 Å². The van der Waals surface area contributed by atoms with Crippen LogP contribution in [0, 0.1) is 0 Å². The van der Waals surface area contributed by atoms with Gasteiger partial charge < -0.3 is 23.4 Å². The lowest BCUT2D eigenvalue weighted by atomic mass is 10.2. The van der Waals surface area contributed by atoms with Crippen molar-refractivity contribution >= 4 is 28.1 Å². The summed E-state index contributed by atoms with van der Waals surface area (Å²) in [4.78, 5) is 33.7. The highest BCUT2D eigenvalue weighted by Gasteiger charge is 2.17. The first kappa shape index (κ1) is 20.7. The molecule has 5 rings (SSSR count). The van der Waals surface area contributed by atoms with Crippen LogP contribution in [-0.2, 0) is 27.4 Å². The van der Waals surface area contributed by atoms with Crippen molar-refractivity contribution in [3.8, 4) is 0 Å². The fourth-order valence-corrected chi connectivity index (χ4v) is 3.60. The Bertz CT molecular complexity index is 1320. The van der Waals surface area contributed by atoms with E-state index in [4.69, 9.17) is 9.47 Å². The molecule has 158 valence electrons. The molecule has 2 aromatic carbocycles. The Labute approximate surface area is 178 Å². The van der Waals surface area contributed by atoms with Gasteiger partial charge >= 0.3 is 0 Å². The number of hydrogen-bond acceptors (Lipinski definition) is 5. The number of rotatable bonds is 4. The SMILES string of the molecule is O=CCn1c(=O)ccc2ccccc21.O=c1ccc2ccccc2n1CC1OCCO1. The molecule has 0 radical (unpaired) electrons. The monoisotopic (exact) mass is 418 g/mol. The zero-order chi connectivity index (χ0) is 21.6. The largest absolute Gasteiger partial charge is 0.348 e. The van der Waals surface area contributed by atoms with Gasteiger partial charge in [-0.2, -0.15) is 0 Å². The maximum atomic E-state index is 11.9. The van der Waals surface area contributed by atoms with Crippen LogP contribution in [0.3, 0.4) is 0 Å². The number of carbonyl (C=O) groups excluding carboxylic acids is 1. The molecule has 1 fully saturated rings. The molecular formula is C24H22N2O5. The number of carbonyl (C=O) groups is 1. The summed E-state index contributed by atoms with van der Waals surface area (Å²) >= 11 is 0. The Morgan fingerprint density at radius 2 is 1.26 bits per heavy atom. The van der Waals surface area contributed by atoms with E-state index >= 15 is 0 Å². The lowest BCUT2D eigenvalue weighted by Gasteiger charge is -2.13. The van der Waals surface area contributed by atoms with Crippen LogP contribution in [0.1, 0.15) is 0 Å². The zero-order valence-corrected chi connectivity index (χ0v) is 16.8.